The average molecular weight is 160 g/mol. The van der Waals surface area contributed by atoms with E-state index in [-0.39, 0.29) is 24.8 Å². The van der Waals surface area contributed by atoms with Crippen LogP contribution in [-0.2, 0) is 20.2 Å². The largest absolute Gasteiger partial charge is 0.147 e. The van der Waals surface area contributed by atoms with Crippen LogP contribution in [0, 0.1) is 0 Å². The Labute approximate surface area is 52.4 Å². The molecule has 0 aliphatic heterocycles. The standard InChI is InChI=1S/CH3O.2ClH.Fe/c1-2;;;/h1H3;2*1H;/q-1;;;+1. The molecule has 1 nitrogen and oxygen atoms in total. The molecule has 0 saturated heterocycles. The van der Waals surface area contributed by atoms with E-state index in [2.05, 4.69) is 20.2 Å². The summed E-state index contributed by atoms with van der Waals surface area (Å²) < 4.78 is 4.00. The zero-order valence-electron chi connectivity index (χ0n) is 2.58. The molecule has 0 aromatic rings. The molecule has 0 saturated carbocycles. The van der Waals surface area contributed by atoms with Crippen LogP contribution in [0.4, 0.5) is 0 Å². The molecule has 0 rings (SSSR count). The van der Waals surface area contributed by atoms with Crippen LogP contribution in [0.3, 0.4) is 0 Å². The number of rotatable bonds is 0. The molecule has 0 bridgehead atoms. The van der Waals surface area contributed by atoms with Gasteiger partial charge in [0.2, 0.25) is 0 Å². The van der Waals surface area contributed by atoms with E-state index in [4.69, 9.17) is 0 Å². The molecular formula is CH5Cl2FeO. The minimum Gasteiger partial charge on any atom is -0.147 e. The Bertz CT molecular complexity index is 9.61. The van der Waals surface area contributed by atoms with Gasteiger partial charge < -0.3 is 0 Å². The van der Waals surface area contributed by atoms with Gasteiger partial charge in [0.1, 0.15) is 0 Å². The summed E-state index contributed by atoms with van der Waals surface area (Å²) in [7, 11) is 1.51. The molecule has 0 aliphatic carbocycles. The van der Waals surface area contributed by atoms with Crippen molar-refractivity contribution in [3.05, 3.63) is 0 Å². The molecule has 0 fully saturated rings. The van der Waals surface area contributed by atoms with Gasteiger partial charge in [0, 0.05) is 0 Å². The van der Waals surface area contributed by atoms with Crippen molar-refractivity contribution in [3.8, 4) is 0 Å². The van der Waals surface area contributed by atoms with E-state index in [9.17, 15) is 0 Å². The molecule has 0 radical (unpaired) electrons. The third-order valence-corrected chi connectivity index (χ3v) is 0. The van der Waals surface area contributed by atoms with Gasteiger partial charge in [-0.2, -0.15) is 0 Å². The number of hydrogen-bond donors (Lipinski definition) is 0. The summed E-state index contributed by atoms with van der Waals surface area (Å²) in [4.78, 5) is 0. The first kappa shape index (κ1) is 16.6. The predicted molar refractivity (Wildman–Crippen MR) is 21.5 cm³/mol. The molecule has 5 heavy (non-hydrogen) atoms. The maximum absolute atomic E-state index is 4.00. The van der Waals surface area contributed by atoms with Crippen molar-refractivity contribution < 1.29 is 20.2 Å². The minimum absolute atomic E-state index is 0. The normalized spacial score (nSPS) is 3.60. The van der Waals surface area contributed by atoms with Crippen LogP contribution in [0.1, 0.15) is 0 Å². The SMILES string of the molecule is C[O][Fe].Cl.Cl. The Morgan fingerprint density at radius 1 is 1.40 bits per heavy atom. The van der Waals surface area contributed by atoms with Crippen LogP contribution in [0.25, 0.3) is 0 Å². The smallest absolute Gasteiger partial charge is 0.147 e. The quantitative estimate of drug-likeness (QED) is 0.479. The Morgan fingerprint density at radius 2 is 1.40 bits per heavy atom. The zero-order chi connectivity index (χ0) is 2.71. The molecule has 0 unspecified atom stereocenters. The fraction of sp³-hybridized carbons (Fsp3) is 1.00. The van der Waals surface area contributed by atoms with E-state index in [0.29, 0.717) is 0 Å². The number of hydrogen-bond acceptors (Lipinski definition) is 1. The van der Waals surface area contributed by atoms with Crippen LogP contribution < -0.4 is 0 Å². The monoisotopic (exact) mass is 159 g/mol. The summed E-state index contributed by atoms with van der Waals surface area (Å²) in [5, 5.41) is 0. The first-order chi connectivity index (χ1) is 1.41. The third kappa shape index (κ3) is 42.2. The van der Waals surface area contributed by atoms with Crippen LogP contribution in [0.15, 0.2) is 0 Å². The second kappa shape index (κ2) is 19.7. The fourth-order valence-corrected chi connectivity index (χ4v) is 0. The Hall–Kier alpha value is 1.06. The van der Waals surface area contributed by atoms with Crippen molar-refractivity contribution in [2.75, 3.05) is 7.11 Å². The van der Waals surface area contributed by atoms with Gasteiger partial charge in [-0.3, -0.25) is 0 Å². The molecule has 0 heterocycles. The molecule has 0 aromatic heterocycles. The van der Waals surface area contributed by atoms with Crippen molar-refractivity contribution in [2.24, 2.45) is 0 Å². The van der Waals surface area contributed by atoms with E-state index in [1.807, 2.05) is 0 Å². The summed E-state index contributed by atoms with van der Waals surface area (Å²) >= 11 is 2.99. The average Bonchev–Trinajstić information content (AvgIpc) is 0.918. The van der Waals surface area contributed by atoms with Gasteiger partial charge >= 0.3 is 27.3 Å². The second-order valence-electron chi connectivity index (χ2n) is 0.144. The molecule has 37 valence electrons. The van der Waals surface area contributed by atoms with Gasteiger partial charge in [0.05, 0.1) is 0 Å². The third-order valence-electron chi connectivity index (χ3n) is 0. The van der Waals surface area contributed by atoms with Gasteiger partial charge in [-0.05, 0) is 0 Å². The Kier molecular flexibility index (Phi) is 65.1. The maximum atomic E-state index is 4.00. The Balaban J connectivity index is -0.0000000200. The molecule has 0 N–H and O–H groups in total. The minimum atomic E-state index is 0. The van der Waals surface area contributed by atoms with E-state index in [1.165, 1.54) is 7.11 Å². The Morgan fingerprint density at radius 3 is 1.40 bits per heavy atom. The van der Waals surface area contributed by atoms with Crippen molar-refractivity contribution >= 4 is 24.8 Å². The molecule has 0 spiro atoms. The van der Waals surface area contributed by atoms with Crippen LogP contribution in [-0.4, -0.2) is 7.11 Å². The first-order valence-corrected chi connectivity index (χ1v) is 1.00. The van der Waals surface area contributed by atoms with Crippen molar-refractivity contribution in [1.29, 1.82) is 0 Å². The molecule has 0 atom stereocenters. The second-order valence-corrected chi connectivity index (χ2v) is 0.595. The van der Waals surface area contributed by atoms with Gasteiger partial charge in [-0.1, -0.05) is 0 Å². The zero-order valence-corrected chi connectivity index (χ0v) is 5.32. The molecular weight excluding hydrogens is 155 g/mol. The maximum Gasteiger partial charge on any atom is -0.147 e. The van der Waals surface area contributed by atoms with Gasteiger partial charge in [0.25, 0.3) is 0 Å². The summed E-state index contributed by atoms with van der Waals surface area (Å²) in [6.07, 6.45) is 0. The van der Waals surface area contributed by atoms with E-state index in [1.54, 1.807) is 0 Å². The van der Waals surface area contributed by atoms with Crippen molar-refractivity contribution in [3.63, 3.8) is 0 Å². The van der Waals surface area contributed by atoms with Gasteiger partial charge in [-0.15, -0.1) is 24.8 Å². The van der Waals surface area contributed by atoms with Crippen molar-refractivity contribution in [1.82, 2.24) is 0 Å². The van der Waals surface area contributed by atoms with Gasteiger partial charge in [0.15, 0.2) is 0 Å². The summed E-state index contributed by atoms with van der Waals surface area (Å²) in [6, 6.07) is 0. The summed E-state index contributed by atoms with van der Waals surface area (Å²) in [5.41, 5.74) is 0. The van der Waals surface area contributed by atoms with E-state index >= 15 is 0 Å². The van der Waals surface area contributed by atoms with E-state index in [0.717, 1.165) is 0 Å². The molecule has 4 heteroatoms. The van der Waals surface area contributed by atoms with Crippen LogP contribution >= 0.6 is 24.8 Å². The first-order valence-electron chi connectivity index (χ1n) is 0.553. The molecule has 0 aliphatic rings. The van der Waals surface area contributed by atoms with Crippen LogP contribution in [0.5, 0.6) is 0 Å². The molecule has 0 aromatic carbocycles. The fourth-order valence-electron chi connectivity index (χ4n) is 0. The van der Waals surface area contributed by atoms with Gasteiger partial charge in [-0.25, -0.2) is 0 Å². The number of halogens is 2. The topological polar surface area (TPSA) is 9.23 Å². The van der Waals surface area contributed by atoms with Crippen molar-refractivity contribution in [2.45, 2.75) is 0 Å². The molecule has 0 amide bonds. The summed E-state index contributed by atoms with van der Waals surface area (Å²) in [5.74, 6) is 0. The summed E-state index contributed by atoms with van der Waals surface area (Å²) in [6.45, 7) is 0. The van der Waals surface area contributed by atoms with Crippen LogP contribution in [0.2, 0.25) is 0 Å². The predicted octanol–water partition coefficient (Wildman–Crippen LogP) is 0.938. The van der Waals surface area contributed by atoms with E-state index < -0.39 is 0 Å².